The van der Waals surface area contributed by atoms with Crippen LogP contribution in [-0.4, -0.2) is 48.5 Å². The molecule has 2 rings (SSSR count). The molecule has 0 radical (unpaired) electrons. The van der Waals surface area contributed by atoms with E-state index in [4.69, 9.17) is 0 Å². The number of piperidine rings is 1. The van der Waals surface area contributed by atoms with Crippen molar-refractivity contribution in [3.05, 3.63) is 12.0 Å². The molecule has 1 fully saturated rings. The molecule has 1 atom stereocenters. The van der Waals surface area contributed by atoms with Crippen molar-refractivity contribution in [3.63, 3.8) is 0 Å². The first-order valence-corrected chi connectivity index (χ1v) is 8.14. The Hall–Kier alpha value is -0.920. The van der Waals surface area contributed by atoms with E-state index in [1.807, 2.05) is 25.5 Å². The standard InChI is InChI=1S/C12H22N4O2S/c1-4-15-9-12(14-10(15)2)19(17,18)16-7-5-6-11(8-16)13-3/h9,11,13H,4-8H2,1-3H3. The van der Waals surface area contributed by atoms with Gasteiger partial charge in [0.15, 0.2) is 5.03 Å². The number of nitrogens with zero attached hydrogens (tertiary/aromatic N) is 3. The summed E-state index contributed by atoms with van der Waals surface area (Å²) in [5.41, 5.74) is 0. The number of aromatic nitrogens is 2. The highest BCUT2D eigenvalue weighted by Gasteiger charge is 2.31. The predicted octanol–water partition coefficient (Wildman–Crippen LogP) is 0.584. The van der Waals surface area contributed by atoms with Gasteiger partial charge in [-0.05, 0) is 33.7 Å². The van der Waals surface area contributed by atoms with Gasteiger partial charge >= 0.3 is 0 Å². The highest BCUT2D eigenvalue weighted by Crippen LogP contribution is 2.20. The molecule has 0 spiro atoms. The van der Waals surface area contributed by atoms with Crippen LogP contribution < -0.4 is 5.32 Å². The van der Waals surface area contributed by atoms with E-state index in [2.05, 4.69) is 10.3 Å². The number of aryl methyl sites for hydroxylation is 2. The van der Waals surface area contributed by atoms with Gasteiger partial charge in [0.2, 0.25) is 0 Å². The van der Waals surface area contributed by atoms with Gasteiger partial charge in [0.1, 0.15) is 5.82 Å². The number of likely N-dealkylation sites (N-methyl/N-ethyl adjacent to an activating group) is 1. The van der Waals surface area contributed by atoms with Crippen molar-refractivity contribution in [1.29, 1.82) is 0 Å². The quantitative estimate of drug-likeness (QED) is 0.879. The van der Waals surface area contributed by atoms with E-state index in [-0.39, 0.29) is 11.1 Å². The highest BCUT2D eigenvalue weighted by atomic mass is 32.2. The summed E-state index contributed by atoms with van der Waals surface area (Å²) in [6, 6.07) is 0.234. The molecular formula is C12H22N4O2S. The number of imidazole rings is 1. The lowest BCUT2D eigenvalue weighted by Crippen LogP contribution is -2.46. The monoisotopic (exact) mass is 286 g/mol. The minimum absolute atomic E-state index is 0.170. The molecule has 0 aromatic carbocycles. The van der Waals surface area contributed by atoms with E-state index in [1.54, 1.807) is 10.5 Å². The number of rotatable bonds is 4. The van der Waals surface area contributed by atoms with Gasteiger partial charge in [-0.3, -0.25) is 0 Å². The Kier molecular flexibility index (Phi) is 4.27. The number of hydrogen-bond acceptors (Lipinski definition) is 4. The lowest BCUT2D eigenvalue weighted by atomic mass is 10.1. The lowest BCUT2D eigenvalue weighted by molar-refractivity contribution is 0.292. The van der Waals surface area contributed by atoms with Gasteiger partial charge in [-0.25, -0.2) is 13.4 Å². The van der Waals surface area contributed by atoms with Crippen LogP contribution in [0.15, 0.2) is 11.2 Å². The van der Waals surface area contributed by atoms with Crippen molar-refractivity contribution >= 4 is 10.0 Å². The highest BCUT2D eigenvalue weighted by molar-refractivity contribution is 7.89. The molecule has 19 heavy (non-hydrogen) atoms. The van der Waals surface area contributed by atoms with Crippen molar-refractivity contribution in [1.82, 2.24) is 19.2 Å². The van der Waals surface area contributed by atoms with E-state index >= 15 is 0 Å². The van der Waals surface area contributed by atoms with Crippen LogP contribution in [0.5, 0.6) is 0 Å². The van der Waals surface area contributed by atoms with Crippen LogP contribution >= 0.6 is 0 Å². The smallest absolute Gasteiger partial charge is 0.262 e. The number of hydrogen-bond donors (Lipinski definition) is 1. The lowest BCUT2D eigenvalue weighted by Gasteiger charge is -2.31. The molecule has 1 unspecified atom stereocenters. The van der Waals surface area contributed by atoms with Crippen LogP contribution in [0.25, 0.3) is 0 Å². The molecule has 0 aliphatic carbocycles. The van der Waals surface area contributed by atoms with Gasteiger partial charge < -0.3 is 9.88 Å². The third-order valence-corrected chi connectivity index (χ3v) is 5.43. The van der Waals surface area contributed by atoms with E-state index in [1.165, 1.54) is 0 Å². The first-order chi connectivity index (χ1) is 8.98. The Labute approximate surface area is 114 Å². The topological polar surface area (TPSA) is 67.2 Å². The van der Waals surface area contributed by atoms with E-state index in [9.17, 15) is 8.42 Å². The van der Waals surface area contributed by atoms with E-state index < -0.39 is 10.0 Å². The van der Waals surface area contributed by atoms with Gasteiger partial charge in [-0.2, -0.15) is 4.31 Å². The molecule has 1 aromatic heterocycles. The maximum Gasteiger partial charge on any atom is 0.262 e. The van der Waals surface area contributed by atoms with Crippen molar-refractivity contribution in [2.24, 2.45) is 0 Å². The molecule has 7 heteroatoms. The van der Waals surface area contributed by atoms with Crippen molar-refractivity contribution in [2.75, 3.05) is 20.1 Å². The summed E-state index contributed by atoms with van der Waals surface area (Å²) >= 11 is 0. The second-order valence-electron chi connectivity index (χ2n) is 4.90. The number of sulfonamides is 1. The Morgan fingerprint density at radius 3 is 2.84 bits per heavy atom. The molecule has 0 saturated carbocycles. The predicted molar refractivity (Wildman–Crippen MR) is 73.5 cm³/mol. The molecule has 0 amide bonds. The first-order valence-electron chi connectivity index (χ1n) is 6.70. The van der Waals surface area contributed by atoms with Crippen molar-refractivity contribution in [2.45, 2.75) is 44.3 Å². The summed E-state index contributed by atoms with van der Waals surface area (Å²) in [4.78, 5) is 4.19. The van der Waals surface area contributed by atoms with Crippen LogP contribution in [0.2, 0.25) is 0 Å². The molecular weight excluding hydrogens is 264 g/mol. The SMILES string of the molecule is CCn1cc(S(=O)(=O)N2CCCC(NC)C2)nc1C. The molecule has 6 nitrogen and oxygen atoms in total. The van der Waals surface area contributed by atoms with Gasteiger partial charge in [0.25, 0.3) is 10.0 Å². The zero-order valence-corrected chi connectivity index (χ0v) is 12.6. The van der Waals surface area contributed by atoms with Crippen LogP contribution in [0, 0.1) is 6.92 Å². The normalized spacial score (nSPS) is 21.7. The van der Waals surface area contributed by atoms with Crippen LogP contribution in [0.4, 0.5) is 0 Å². The third-order valence-electron chi connectivity index (χ3n) is 3.69. The molecule has 1 saturated heterocycles. The Morgan fingerprint density at radius 2 is 2.26 bits per heavy atom. The van der Waals surface area contributed by atoms with E-state index in [0.29, 0.717) is 13.1 Å². The zero-order chi connectivity index (χ0) is 14.0. The Morgan fingerprint density at radius 1 is 1.53 bits per heavy atom. The summed E-state index contributed by atoms with van der Waals surface area (Å²) < 4.78 is 28.5. The molecule has 1 aromatic rings. The minimum Gasteiger partial charge on any atom is -0.334 e. The van der Waals surface area contributed by atoms with Crippen molar-refractivity contribution < 1.29 is 8.42 Å². The average Bonchev–Trinajstić information content (AvgIpc) is 2.80. The molecule has 2 heterocycles. The van der Waals surface area contributed by atoms with Crippen LogP contribution in [0.3, 0.4) is 0 Å². The van der Waals surface area contributed by atoms with Crippen LogP contribution in [0.1, 0.15) is 25.6 Å². The third kappa shape index (κ3) is 2.82. The molecule has 0 bridgehead atoms. The summed E-state index contributed by atoms with van der Waals surface area (Å²) in [7, 11) is -1.58. The van der Waals surface area contributed by atoms with Crippen LogP contribution in [-0.2, 0) is 16.6 Å². The fourth-order valence-electron chi connectivity index (χ4n) is 2.45. The minimum atomic E-state index is -3.46. The summed E-state index contributed by atoms with van der Waals surface area (Å²) in [5, 5.41) is 3.32. The average molecular weight is 286 g/mol. The summed E-state index contributed by atoms with van der Waals surface area (Å²) in [6.07, 6.45) is 3.54. The van der Waals surface area contributed by atoms with Gasteiger partial charge in [-0.15, -0.1) is 0 Å². The number of nitrogens with one attached hydrogen (secondary N) is 1. The van der Waals surface area contributed by atoms with Gasteiger partial charge in [0, 0.05) is 31.9 Å². The molecule has 1 N–H and O–H groups in total. The van der Waals surface area contributed by atoms with Crippen molar-refractivity contribution in [3.8, 4) is 0 Å². The fraction of sp³-hybridized carbons (Fsp3) is 0.750. The first kappa shape index (κ1) is 14.5. The Bertz CT molecular complexity index is 538. The molecule has 108 valence electrons. The maximum absolute atomic E-state index is 12.6. The maximum atomic E-state index is 12.6. The second kappa shape index (κ2) is 5.60. The molecule has 1 aliphatic rings. The van der Waals surface area contributed by atoms with Gasteiger partial charge in [0.05, 0.1) is 0 Å². The van der Waals surface area contributed by atoms with E-state index in [0.717, 1.165) is 25.2 Å². The Balaban J connectivity index is 2.25. The molecule has 1 aliphatic heterocycles. The second-order valence-corrected chi connectivity index (χ2v) is 6.79. The zero-order valence-electron chi connectivity index (χ0n) is 11.8. The van der Waals surface area contributed by atoms with Gasteiger partial charge in [-0.1, -0.05) is 0 Å². The largest absolute Gasteiger partial charge is 0.334 e. The fourth-order valence-corrected chi connectivity index (χ4v) is 3.97. The summed E-state index contributed by atoms with van der Waals surface area (Å²) in [5.74, 6) is 0.739. The summed E-state index contributed by atoms with van der Waals surface area (Å²) in [6.45, 7) is 5.64.